The van der Waals surface area contributed by atoms with E-state index in [4.69, 9.17) is 0 Å². The molecular weight excluding hydrogens is 276 g/mol. The molecule has 0 radical (unpaired) electrons. The second-order valence-corrected chi connectivity index (χ2v) is 7.19. The van der Waals surface area contributed by atoms with E-state index in [1.807, 2.05) is 0 Å². The van der Waals surface area contributed by atoms with Gasteiger partial charge >= 0.3 is 0 Å². The standard InChI is InChI=1S/C11H20N2O3S.ClH/c14-11(10-5-1-2-6-12-10)13-9-4-3-7-17(15,16)8-9;/h9-10,12H,1-8H2,(H,13,14);1H/t9?,10-;/m1./s1. The molecule has 2 saturated heterocycles. The van der Waals surface area contributed by atoms with Gasteiger partial charge in [0.15, 0.2) is 9.84 Å². The lowest BCUT2D eigenvalue weighted by Gasteiger charge is -2.27. The monoisotopic (exact) mass is 296 g/mol. The van der Waals surface area contributed by atoms with Crippen LogP contribution in [0.2, 0.25) is 0 Å². The van der Waals surface area contributed by atoms with Gasteiger partial charge in [-0.1, -0.05) is 6.42 Å². The minimum Gasteiger partial charge on any atom is -0.351 e. The lowest BCUT2D eigenvalue weighted by molar-refractivity contribution is -0.124. The average molecular weight is 297 g/mol. The van der Waals surface area contributed by atoms with Crippen molar-refractivity contribution in [2.45, 2.75) is 44.2 Å². The van der Waals surface area contributed by atoms with E-state index in [1.54, 1.807) is 0 Å². The molecule has 0 spiro atoms. The molecule has 106 valence electrons. The van der Waals surface area contributed by atoms with E-state index in [0.29, 0.717) is 6.42 Å². The lowest BCUT2D eigenvalue weighted by Crippen LogP contribution is -2.52. The van der Waals surface area contributed by atoms with Crippen LogP contribution in [0.5, 0.6) is 0 Å². The molecule has 2 heterocycles. The van der Waals surface area contributed by atoms with Gasteiger partial charge in [-0.05, 0) is 32.2 Å². The van der Waals surface area contributed by atoms with Gasteiger partial charge < -0.3 is 10.6 Å². The summed E-state index contributed by atoms with van der Waals surface area (Å²) in [5.74, 6) is 0.332. The molecule has 0 aromatic heterocycles. The van der Waals surface area contributed by atoms with Crippen molar-refractivity contribution >= 4 is 28.2 Å². The zero-order valence-corrected chi connectivity index (χ0v) is 12.0. The fourth-order valence-corrected chi connectivity index (χ4v) is 4.15. The third-order valence-electron chi connectivity index (χ3n) is 3.44. The zero-order chi connectivity index (χ0) is 12.3. The summed E-state index contributed by atoms with van der Waals surface area (Å²) < 4.78 is 22.9. The fourth-order valence-electron chi connectivity index (χ4n) is 2.51. The first-order chi connectivity index (χ1) is 8.07. The Labute approximate surface area is 114 Å². The lowest BCUT2D eigenvalue weighted by atomic mass is 10.0. The van der Waals surface area contributed by atoms with Crippen LogP contribution in [0, 0.1) is 0 Å². The van der Waals surface area contributed by atoms with Crippen LogP contribution in [0.3, 0.4) is 0 Å². The fraction of sp³-hybridized carbons (Fsp3) is 0.909. The van der Waals surface area contributed by atoms with Gasteiger partial charge in [-0.25, -0.2) is 8.42 Å². The van der Waals surface area contributed by atoms with Crippen molar-refractivity contribution < 1.29 is 13.2 Å². The Hall–Kier alpha value is -0.330. The number of halogens is 1. The van der Waals surface area contributed by atoms with Crippen LogP contribution in [0.25, 0.3) is 0 Å². The third kappa shape index (κ3) is 4.40. The maximum atomic E-state index is 11.9. The number of sulfone groups is 1. The third-order valence-corrected chi connectivity index (χ3v) is 5.26. The van der Waals surface area contributed by atoms with E-state index in [2.05, 4.69) is 10.6 Å². The highest BCUT2D eigenvalue weighted by Crippen LogP contribution is 2.13. The molecule has 0 aromatic carbocycles. The quantitative estimate of drug-likeness (QED) is 0.766. The van der Waals surface area contributed by atoms with Crippen LogP contribution in [-0.4, -0.2) is 44.5 Å². The summed E-state index contributed by atoms with van der Waals surface area (Å²) in [5.41, 5.74) is 0. The highest BCUT2D eigenvalue weighted by Gasteiger charge is 2.28. The van der Waals surface area contributed by atoms with Crippen molar-refractivity contribution in [1.29, 1.82) is 0 Å². The van der Waals surface area contributed by atoms with Gasteiger partial charge in [0.2, 0.25) is 5.91 Å². The SMILES string of the molecule is Cl.O=C(NC1CCCS(=O)(=O)C1)[C@H]1CCCCN1. The van der Waals surface area contributed by atoms with Gasteiger partial charge in [0.25, 0.3) is 0 Å². The number of rotatable bonds is 2. The van der Waals surface area contributed by atoms with Crippen LogP contribution >= 0.6 is 12.4 Å². The molecule has 1 unspecified atom stereocenters. The molecular formula is C11H21ClN2O3S. The number of nitrogens with one attached hydrogen (secondary N) is 2. The number of carbonyl (C=O) groups excluding carboxylic acids is 1. The van der Waals surface area contributed by atoms with Crippen molar-refractivity contribution in [3.8, 4) is 0 Å². The van der Waals surface area contributed by atoms with Crippen molar-refractivity contribution in [3.05, 3.63) is 0 Å². The van der Waals surface area contributed by atoms with Crippen molar-refractivity contribution in [2.24, 2.45) is 0 Å². The zero-order valence-electron chi connectivity index (χ0n) is 10.4. The Morgan fingerprint density at radius 1 is 1.17 bits per heavy atom. The first-order valence-electron chi connectivity index (χ1n) is 6.31. The van der Waals surface area contributed by atoms with E-state index >= 15 is 0 Å². The molecule has 2 rings (SSSR count). The van der Waals surface area contributed by atoms with Crippen LogP contribution in [-0.2, 0) is 14.6 Å². The maximum Gasteiger partial charge on any atom is 0.237 e. The van der Waals surface area contributed by atoms with Gasteiger partial charge in [-0.3, -0.25) is 4.79 Å². The minimum atomic E-state index is -2.94. The van der Waals surface area contributed by atoms with Crippen LogP contribution in [0.15, 0.2) is 0 Å². The molecule has 2 aliphatic rings. The topological polar surface area (TPSA) is 75.3 Å². The summed E-state index contributed by atoms with van der Waals surface area (Å²) in [7, 11) is -2.94. The molecule has 2 fully saturated rings. The van der Waals surface area contributed by atoms with E-state index in [0.717, 1.165) is 32.2 Å². The van der Waals surface area contributed by atoms with E-state index in [1.165, 1.54) is 0 Å². The molecule has 2 aliphatic heterocycles. The van der Waals surface area contributed by atoms with E-state index < -0.39 is 9.84 Å². The Morgan fingerprint density at radius 3 is 2.56 bits per heavy atom. The minimum absolute atomic E-state index is 0. The largest absolute Gasteiger partial charge is 0.351 e. The molecule has 0 aliphatic carbocycles. The summed E-state index contributed by atoms with van der Waals surface area (Å²) in [6.45, 7) is 0.876. The van der Waals surface area contributed by atoms with Crippen LogP contribution in [0.1, 0.15) is 32.1 Å². The molecule has 1 amide bonds. The van der Waals surface area contributed by atoms with Crippen molar-refractivity contribution in [1.82, 2.24) is 10.6 Å². The Bertz CT molecular complexity index is 380. The molecule has 5 nitrogen and oxygen atoms in total. The number of amides is 1. The number of hydrogen-bond acceptors (Lipinski definition) is 4. The van der Waals surface area contributed by atoms with Gasteiger partial charge in [-0.15, -0.1) is 12.4 Å². The molecule has 0 bridgehead atoms. The molecule has 2 atom stereocenters. The summed E-state index contributed by atoms with van der Waals surface area (Å²) in [6, 6.07) is -0.321. The van der Waals surface area contributed by atoms with Gasteiger partial charge in [-0.2, -0.15) is 0 Å². The highest BCUT2D eigenvalue weighted by atomic mass is 35.5. The molecule has 18 heavy (non-hydrogen) atoms. The van der Waals surface area contributed by atoms with E-state index in [-0.39, 0.29) is 41.9 Å². The Kier molecular flexibility index (Phi) is 5.88. The van der Waals surface area contributed by atoms with Gasteiger partial charge in [0, 0.05) is 6.04 Å². The second kappa shape index (κ2) is 6.73. The summed E-state index contributed by atoms with van der Waals surface area (Å²) in [6.07, 6.45) is 4.46. The summed E-state index contributed by atoms with van der Waals surface area (Å²) in [5, 5.41) is 6.03. The summed E-state index contributed by atoms with van der Waals surface area (Å²) >= 11 is 0. The predicted molar refractivity (Wildman–Crippen MR) is 72.7 cm³/mol. The average Bonchev–Trinajstić information content (AvgIpc) is 2.29. The molecule has 0 saturated carbocycles. The van der Waals surface area contributed by atoms with Gasteiger partial charge in [0.1, 0.15) is 0 Å². The van der Waals surface area contributed by atoms with Crippen LogP contribution in [0.4, 0.5) is 0 Å². The number of hydrogen-bond donors (Lipinski definition) is 2. The molecule has 2 N–H and O–H groups in total. The number of piperidine rings is 1. The molecule has 0 aromatic rings. The van der Waals surface area contributed by atoms with Crippen molar-refractivity contribution in [2.75, 3.05) is 18.1 Å². The highest BCUT2D eigenvalue weighted by molar-refractivity contribution is 7.91. The first-order valence-corrected chi connectivity index (χ1v) is 8.13. The van der Waals surface area contributed by atoms with Crippen molar-refractivity contribution in [3.63, 3.8) is 0 Å². The maximum absolute atomic E-state index is 11.9. The van der Waals surface area contributed by atoms with Crippen LogP contribution < -0.4 is 10.6 Å². The predicted octanol–water partition coefficient (Wildman–Crippen LogP) is 0.244. The first kappa shape index (κ1) is 15.7. The normalized spacial score (nSPS) is 31.1. The second-order valence-electron chi connectivity index (χ2n) is 4.96. The van der Waals surface area contributed by atoms with E-state index in [9.17, 15) is 13.2 Å². The Morgan fingerprint density at radius 2 is 1.94 bits per heavy atom. The number of carbonyl (C=O) groups is 1. The van der Waals surface area contributed by atoms with Gasteiger partial charge in [0.05, 0.1) is 17.5 Å². The molecule has 7 heteroatoms. The Balaban J connectivity index is 0.00000162. The summed E-state index contributed by atoms with van der Waals surface area (Å²) in [4.78, 5) is 11.9. The smallest absolute Gasteiger partial charge is 0.237 e.